The second kappa shape index (κ2) is 39.7. The van der Waals surface area contributed by atoms with Gasteiger partial charge >= 0.3 is 7.82 Å². The predicted molar refractivity (Wildman–Crippen MR) is 240 cm³/mol. The number of allylic oxidation sites excluding steroid dienone is 2. The van der Waals surface area contributed by atoms with Crippen LogP contribution in [0.1, 0.15) is 232 Å². The molecule has 0 spiro atoms. The number of phosphoric ester groups is 1. The molecule has 0 aromatic carbocycles. The predicted octanol–water partition coefficient (Wildman–Crippen LogP) is 13.5. The maximum Gasteiger partial charge on any atom is 0.472 e. The monoisotopic (exact) mass is 816 g/mol. The van der Waals surface area contributed by atoms with Gasteiger partial charge in [-0.2, -0.15) is 0 Å². The first-order chi connectivity index (χ1) is 27.0. The number of hydrogen-bond donors (Lipinski definition) is 3. The molecule has 0 saturated heterocycles. The molecule has 0 bridgehead atoms. The summed E-state index contributed by atoms with van der Waals surface area (Å²) in [5.74, 6) is -0.147. The van der Waals surface area contributed by atoms with E-state index in [9.17, 15) is 19.4 Å². The van der Waals surface area contributed by atoms with E-state index in [4.69, 9.17) is 9.05 Å². The van der Waals surface area contributed by atoms with Crippen LogP contribution in [-0.2, 0) is 18.4 Å². The van der Waals surface area contributed by atoms with E-state index in [0.717, 1.165) is 38.5 Å². The fourth-order valence-electron chi connectivity index (χ4n) is 7.16. The summed E-state index contributed by atoms with van der Waals surface area (Å²) in [5, 5.41) is 14.0. The van der Waals surface area contributed by atoms with Crippen molar-refractivity contribution in [1.82, 2.24) is 5.32 Å². The van der Waals surface area contributed by atoms with Gasteiger partial charge in [0.1, 0.15) is 13.2 Å². The Balaban J connectivity index is 4.30. The van der Waals surface area contributed by atoms with Crippen LogP contribution in [-0.4, -0.2) is 73.4 Å². The minimum atomic E-state index is -4.31. The first-order valence-electron chi connectivity index (χ1n) is 24.1. The van der Waals surface area contributed by atoms with Gasteiger partial charge in [0.15, 0.2) is 0 Å². The van der Waals surface area contributed by atoms with Gasteiger partial charge in [0.05, 0.1) is 39.9 Å². The van der Waals surface area contributed by atoms with Crippen molar-refractivity contribution < 1.29 is 32.9 Å². The Hall–Kier alpha value is -0.760. The van der Waals surface area contributed by atoms with E-state index in [1.54, 1.807) is 0 Å². The molecule has 1 amide bonds. The molecule has 334 valence electrons. The van der Waals surface area contributed by atoms with Crippen molar-refractivity contribution in [1.29, 1.82) is 0 Å². The van der Waals surface area contributed by atoms with Crippen molar-refractivity contribution in [3.8, 4) is 0 Å². The average molecular weight is 816 g/mol. The third kappa shape index (κ3) is 41.4. The lowest BCUT2D eigenvalue weighted by atomic mass is 10.0. The van der Waals surface area contributed by atoms with Gasteiger partial charge in [0.2, 0.25) is 5.91 Å². The second-order valence-electron chi connectivity index (χ2n) is 17.8. The molecule has 0 aromatic rings. The third-order valence-corrected chi connectivity index (χ3v) is 12.0. The lowest BCUT2D eigenvalue weighted by Gasteiger charge is -2.26. The van der Waals surface area contributed by atoms with Crippen molar-refractivity contribution in [3.05, 3.63) is 12.2 Å². The van der Waals surface area contributed by atoms with Crippen LogP contribution < -0.4 is 5.32 Å². The number of hydrogen-bond acceptors (Lipinski definition) is 5. The summed E-state index contributed by atoms with van der Waals surface area (Å²) in [4.78, 5) is 23.2. The molecule has 0 fully saturated rings. The quantitative estimate of drug-likeness (QED) is 0.0245. The van der Waals surface area contributed by atoms with E-state index in [1.807, 2.05) is 21.1 Å². The van der Waals surface area contributed by atoms with E-state index >= 15 is 0 Å². The van der Waals surface area contributed by atoms with E-state index < -0.39 is 20.0 Å². The number of likely N-dealkylation sites (N-methyl/N-ethyl adjacent to an activating group) is 1. The highest BCUT2D eigenvalue weighted by Gasteiger charge is 2.28. The lowest BCUT2D eigenvalue weighted by molar-refractivity contribution is -0.870. The van der Waals surface area contributed by atoms with Crippen LogP contribution in [0, 0.1) is 0 Å². The van der Waals surface area contributed by atoms with Crippen LogP contribution in [0.15, 0.2) is 12.2 Å². The molecule has 56 heavy (non-hydrogen) atoms. The van der Waals surface area contributed by atoms with Gasteiger partial charge in [-0.3, -0.25) is 13.8 Å². The Morgan fingerprint density at radius 2 is 0.964 bits per heavy atom. The van der Waals surface area contributed by atoms with E-state index in [2.05, 4.69) is 31.3 Å². The SMILES string of the molecule is CCCCCCCCC/C=C\CCCCCCCCCC(=O)NC(COP(=O)(O)OCC[N+](C)(C)C)C(O)CCCCCCCCCCCCCCCCCC. The molecule has 3 atom stereocenters. The van der Waals surface area contributed by atoms with Gasteiger partial charge in [0.25, 0.3) is 0 Å². The van der Waals surface area contributed by atoms with Gasteiger partial charge in [0, 0.05) is 6.42 Å². The molecule has 0 saturated carbocycles. The molecule has 0 aliphatic carbocycles. The van der Waals surface area contributed by atoms with Crippen LogP contribution >= 0.6 is 7.82 Å². The van der Waals surface area contributed by atoms with E-state index in [-0.39, 0.29) is 19.1 Å². The number of aliphatic hydroxyl groups excluding tert-OH is 1. The summed E-state index contributed by atoms with van der Waals surface area (Å²) in [7, 11) is 1.62. The molecule has 0 aromatic heterocycles. The molecule has 0 heterocycles. The van der Waals surface area contributed by atoms with Crippen LogP contribution in [0.25, 0.3) is 0 Å². The first-order valence-corrected chi connectivity index (χ1v) is 25.5. The topological polar surface area (TPSA) is 105 Å². The fourth-order valence-corrected chi connectivity index (χ4v) is 7.89. The maximum atomic E-state index is 12.9. The maximum absolute atomic E-state index is 12.9. The molecule has 3 unspecified atom stereocenters. The second-order valence-corrected chi connectivity index (χ2v) is 19.3. The smallest absolute Gasteiger partial charge is 0.391 e. The number of amides is 1. The molecule has 3 N–H and O–H groups in total. The normalized spacial score (nSPS) is 14.3. The summed E-state index contributed by atoms with van der Waals surface area (Å²) in [5.41, 5.74) is 0. The molecule has 0 aliphatic rings. The first kappa shape index (κ1) is 55.2. The number of carbonyl (C=O) groups is 1. The van der Waals surface area contributed by atoms with Crippen molar-refractivity contribution >= 4 is 13.7 Å². The number of rotatable bonds is 44. The van der Waals surface area contributed by atoms with Gasteiger partial charge in [-0.05, 0) is 38.5 Å². The molecule has 0 aliphatic heterocycles. The van der Waals surface area contributed by atoms with Crippen molar-refractivity contribution in [2.45, 2.75) is 244 Å². The zero-order valence-electron chi connectivity index (χ0n) is 37.9. The Morgan fingerprint density at radius 3 is 1.38 bits per heavy atom. The van der Waals surface area contributed by atoms with Crippen LogP contribution in [0.2, 0.25) is 0 Å². The number of nitrogens with zero attached hydrogens (tertiary/aromatic N) is 1. The number of nitrogens with one attached hydrogen (secondary N) is 1. The van der Waals surface area contributed by atoms with Crippen molar-refractivity contribution in [3.63, 3.8) is 0 Å². The number of unbranched alkanes of at least 4 members (excludes halogenated alkanes) is 29. The largest absolute Gasteiger partial charge is 0.472 e. The zero-order valence-corrected chi connectivity index (χ0v) is 38.8. The Labute approximate surface area is 348 Å². The Bertz CT molecular complexity index is 927. The summed E-state index contributed by atoms with van der Waals surface area (Å²) >= 11 is 0. The summed E-state index contributed by atoms with van der Waals surface area (Å²) in [6.07, 6.45) is 45.2. The van der Waals surface area contributed by atoms with Gasteiger partial charge < -0.3 is 19.8 Å². The molecule has 0 radical (unpaired) electrons. The highest BCUT2D eigenvalue weighted by Crippen LogP contribution is 2.43. The number of quaternary nitrogens is 1. The number of phosphoric acid groups is 1. The van der Waals surface area contributed by atoms with Crippen LogP contribution in [0.3, 0.4) is 0 Å². The summed E-state index contributed by atoms with van der Waals surface area (Å²) in [6, 6.07) is -0.758. The summed E-state index contributed by atoms with van der Waals surface area (Å²) in [6.45, 7) is 4.90. The van der Waals surface area contributed by atoms with Crippen molar-refractivity contribution in [2.24, 2.45) is 0 Å². The van der Waals surface area contributed by atoms with Crippen LogP contribution in [0.5, 0.6) is 0 Å². The van der Waals surface area contributed by atoms with Crippen molar-refractivity contribution in [2.75, 3.05) is 40.9 Å². The highest BCUT2D eigenvalue weighted by molar-refractivity contribution is 7.47. The molecule has 9 heteroatoms. The third-order valence-electron chi connectivity index (χ3n) is 11.0. The minimum Gasteiger partial charge on any atom is -0.391 e. The van der Waals surface area contributed by atoms with Gasteiger partial charge in [-0.15, -0.1) is 0 Å². The molecular formula is C47H96N2O6P+. The van der Waals surface area contributed by atoms with Crippen LogP contribution in [0.4, 0.5) is 0 Å². The van der Waals surface area contributed by atoms with Gasteiger partial charge in [-0.25, -0.2) is 4.57 Å². The fraction of sp³-hybridized carbons (Fsp3) is 0.936. The van der Waals surface area contributed by atoms with E-state index in [1.165, 1.54) is 167 Å². The zero-order chi connectivity index (χ0) is 41.4. The average Bonchev–Trinajstić information content (AvgIpc) is 3.15. The summed E-state index contributed by atoms with van der Waals surface area (Å²) < 4.78 is 23.7. The standard InChI is InChI=1S/C47H95N2O6P/c1-6-8-10-12-14-16-18-20-22-24-25-27-29-31-33-35-37-39-41-47(51)48-45(44-55-56(52,53)54-43-42-49(3,4)5)46(50)40-38-36-34-32-30-28-26-23-21-19-17-15-13-11-9-7-2/h22,24,45-46,50H,6-21,23,25-44H2,1-5H3,(H-,48,51,52,53)/p+1/b24-22-. The molecule has 8 nitrogen and oxygen atoms in total. The molecular weight excluding hydrogens is 719 g/mol. The molecule has 0 rings (SSSR count). The lowest BCUT2D eigenvalue weighted by Crippen LogP contribution is -2.46. The van der Waals surface area contributed by atoms with E-state index in [0.29, 0.717) is 23.9 Å². The Morgan fingerprint density at radius 1 is 0.589 bits per heavy atom. The van der Waals surface area contributed by atoms with Gasteiger partial charge in [-0.1, -0.05) is 199 Å². The minimum absolute atomic E-state index is 0.0758. The highest BCUT2D eigenvalue weighted by atomic mass is 31.2. The number of carbonyl (C=O) groups excluding carboxylic acids is 1. The number of aliphatic hydroxyl groups is 1. The Kier molecular flexibility index (Phi) is 39.1.